The van der Waals surface area contributed by atoms with E-state index in [1.54, 1.807) is 6.92 Å². The number of methoxy groups -OCH3 is 1. The molecule has 0 bridgehead atoms. The maximum absolute atomic E-state index is 13.2. The average Bonchev–Trinajstić information content (AvgIpc) is 2.73. The number of nitrogens with one attached hydrogen (secondary N) is 3. The van der Waals surface area contributed by atoms with Crippen LogP contribution in [-0.2, 0) is 9.59 Å². The Balaban J connectivity index is 1.99. The predicted molar refractivity (Wildman–Crippen MR) is 116 cm³/mol. The number of carbonyl (C=O) groups is 3. The standard InChI is InChI=1S/C21H19BrFN3O6/c1-10-18(20(29)25-12-5-3-11(23)4-6-12)19(26-21(30)24-10)13-7-15(31-2)16(8-14(13)22)32-9-17(27)28/h3-8,19H,9H2,1-2H3,(H,25,29)(H,27,28)(H2,24,26,30)/t19-/m0/s1. The van der Waals surface area contributed by atoms with E-state index in [0.717, 1.165) is 0 Å². The summed E-state index contributed by atoms with van der Waals surface area (Å²) in [5.74, 6) is -1.72. The third-order valence-corrected chi connectivity index (χ3v) is 5.25. The minimum atomic E-state index is -1.16. The number of carboxylic acid groups (broad SMARTS) is 1. The molecule has 0 unspecified atom stereocenters. The fourth-order valence-corrected chi connectivity index (χ4v) is 3.69. The zero-order chi connectivity index (χ0) is 23.4. The van der Waals surface area contributed by atoms with Crippen molar-refractivity contribution in [2.24, 2.45) is 0 Å². The van der Waals surface area contributed by atoms with Crippen molar-refractivity contribution < 1.29 is 33.4 Å². The molecule has 1 atom stereocenters. The largest absolute Gasteiger partial charge is 0.493 e. The number of ether oxygens (including phenoxy) is 2. The second-order valence-corrected chi connectivity index (χ2v) is 7.59. The Hall–Kier alpha value is -3.60. The number of benzene rings is 2. The molecule has 1 aliphatic rings. The van der Waals surface area contributed by atoms with Gasteiger partial charge in [0.25, 0.3) is 5.91 Å². The van der Waals surface area contributed by atoms with Gasteiger partial charge in [0, 0.05) is 15.9 Å². The zero-order valence-electron chi connectivity index (χ0n) is 17.0. The summed E-state index contributed by atoms with van der Waals surface area (Å²) in [6, 6.07) is 6.91. The third kappa shape index (κ3) is 5.17. The summed E-state index contributed by atoms with van der Waals surface area (Å²) in [4.78, 5) is 36.1. The van der Waals surface area contributed by atoms with Gasteiger partial charge < -0.3 is 30.5 Å². The van der Waals surface area contributed by atoms with Crippen LogP contribution in [0.3, 0.4) is 0 Å². The van der Waals surface area contributed by atoms with Gasteiger partial charge in [-0.15, -0.1) is 0 Å². The molecule has 168 valence electrons. The molecule has 0 saturated heterocycles. The van der Waals surface area contributed by atoms with Crippen LogP contribution in [0, 0.1) is 5.82 Å². The molecule has 1 aliphatic heterocycles. The molecule has 9 nitrogen and oxygen atoms in total. The lowest BCUT2D eigenvalue weighted by Crippen LogP contribution is -2.46. The fraction of sp³-hybridized carbons (Fsp3) is 0.190. The van der Waals surface area contributed by atoms with Crippen LogP contribution in [0.4, 0.5) is 14.9 Å². The van der Waals surface area contributed by atoms with E-state index in [2.05, 4.69) is 31.9 Å². The van der Waals surface area contributed by atoms with E-state index in [1.165, 1.54) is 43.5 Å². The molecular weight excluding hydrogens is 489 g/mol. The smallest absolute Gasteiger partial charge is 0.341 e. The summed E-state index contributed by atoms with van der Waals surface area (Å²) < 4.78 is 24.2. The van der Waals surface area contributed by atoms with Crippen LogP contribution in [0.25, 0.3) is 0 Å². The highest BCUT2D eigenvalue weighted by Gasteiger charge is 2.33. The maximum Gasteiger partial charge on any atom is 0.341 e. The van der Waals surface area contributed by atoms with Gasteiger partial charge in [0.1, 0.15) is 5.82 Å². The van der Waals surface area contributed by atoms with Crippen LogP contribution in [0.2, 0.25) is 0 Å². The first-order valence-electron chi connectivity index (χ1n) is 9.26. The molecule has 0 aliphatic carbocycles. The summed E-state index contributed by atoms with van der Waals surface area (Å²) in [7, 11) is 1.38. The number of hydrogen-bond donors (Lipinski definition) is 4. The molecule has 0 radical (unpaired) electrons. The Morgan fingerprint density at radius 3 is 2.53 bits per heavy atom. The van der Waals surface area contributed by atoms with Gasteiger partial charge in [0.2, 0.25) is 0 Å². The Kier molecular flexibility index (Phi) is 6.98. The molecule has 0 spiro atoms. The van der Waals surface area contributed by atoms with Gasteiger partial charge >= 0.3 is 12.0 Å². The highest BCUT2D eigenvalue weighted by atomic mass is 79.9. The number of aliphatic carboxylic acids is 1. The molecule has 0 aromatic heterocycles. The molecule has 0 fully saturated rings. The minimum absolute atomic E-state index is 0.170. The average molecular weight is 508 g/mol. The highest BCUT2D eigenvalue weighted by molar-refractivity contribution is 9.10. The molecule has 2 aromatic carbocycles. The van der Waals surface area contributed by atoms with Crippen LogP contribution in [0.5, 0.6) is 11.5 Å². The van der Waals surface area contributed by atoms with Gasteiger partial charge in [-0.3, -0.25) is 4.79 Å². The second kappa shape index (κ2) is 9.69. The zero-order valence-corrected chi connectivity index (χ0v) is 18.6. The van der Waals surface area contributed by atoms with Crippen molar-refractivity contribution in [2.45, 2.75) is 13.0 Å². The van der Waals surface area contributed by atoms with Crippen LogP contribution in [0.15, 0.2) is 52.1 Å². The molecule has 3 rings (SSSR count). The normalized spacial score (nSPS) is 15.5. The first-order chi connectivity index (χ1) is 15.2. The highest BCUT2D eigenvalue weighted by Crippen LogP contribution is 2.39. The van der Waals surface area contributed by atoms with E-state index in [0.29, 0.717) is 21.4 Å². The lowest BCUT2D eigenvalue weighted by atomic mass is 9.94. The van der Waals surface area contributed by atoms with Crippen molar-refractivity contribution >= 4 is 39.5 Å². The van der Waals surface area contributed by atoms with Gasteiger partial charge in [-0.1, -0.05) is 15.9 Å². The van der Waals surface area contributed by atoms with E-state index in [4.69, 9.17) is 14.6 Å². The number of hydrogen-bond acceptors (Lipinski definition) is 5. The van der Waals surface area contributed by atoms with Crippen LogP contribution >= 0.6 is 15.9 Å². The molecule has 32 heavy (non-hydrogen) atoms. The first-order valence-corrected chi connectivity index (χ1v) is 10.1. The number of allylic oxidation sites excluding steroid dienone is 1. The number of anilines is 1. The number of rotatable bonds is 7. The van der Waals surface area contributed by atoms with Crippen molar-refractivity contribution in [3.8, 4) is 11.5 Å². The van der Waals surface area contributed by atoms with Crippen molar-refractivity contribution in [3.63, 3.8) is 0 Å². The van der Waals surface area contributed by atoms with E-state index >= 15 is 0 Å². The molecule has 2 aromatic rings. The molecule has 4 N–H and O–H groups in total. The van der Waals surface area contributed by atoms with Crippen molar-refractivity contribution in [1.29, 1.82) is 0 Å². The van der Waals surface area contributed by atoms with Crippen LogP contribution in [0.1, 0.15) is 18.5 Å². The van der Waals surface area contributed by atoms with Gasteiger partial charge in [-0.05, 0) is 48.9 Å². The first kappa shape index (κ1) is 23.1. The topological polar surface area (TPSA) is 126 Å². The molecule has 0 saturated carbocycles. The number of urea groups is 1. The van der Waals surface area contributed by atoms with E-state index in [1.807, 2.05) is 0 Å². The Morgan fingerprint density at radius 2 is 1.91 bits per heavy atom. The third-order valence-electron chi connectivity index (χ3n) is 4.56. The van der Waals surface area contributed by atoms with Gasteiger partial charge in [0.15, 0.2) is 18.1 Å². The van der Waals surface area contributed by atoms with Gasteiger partial charge in [-0.2, -0.15) is 0 Å². The predicted octanol–water partition coefficient (Wildman–Crippen LogP) is 3.33. The summed E-state index contributed by atoms with van der Waals surface area (Å²) >= 11 is 3.39. The number of carboxylic acids is 1. The number of carbonyl (C=O) groups excluding carboxylic acids is 2. The van der Waals surface area contributed by atoms with Crippen molar-refractivity contribution in [2.75, 3.05) is 19.0 Å². The van der Waals surface area contributed by atoms with Crippen molar-refractivity contribution in [1.82, 2.24) is 10.6 Å². The second-order valence-electron chi connectivity index (χ2n) is 6.74. The van der Waals surface area contributed by atoms with E-state index in [-0.39, 0.29) is 17.1 Å². The Bertz CT molecular complexity index is 1100. The lowest BCUT2D eigenvalue weighted by Gasteiger charge is -2.29. The summed E-state index contributed by atoms with van der Waals surface area (Å²) in [6.07, 6.45) is 0. The lowest BCUT2D eigenvalue weighted by molar-refractivity contribution is -0.139. The Morgan fingerprint density at radius 1 is 1.22 bits per heavy atom. The monoisotopic (exact) mass is 507 g/mol. The van der Waals surface area contributed by atoms with Crippen LogP contribution < -0.4 is 25.4 Å². The van der Waals surface area contributed by atoms with E-state index in [9.17, 15) is 18.8 Å². The van der Waals surface area contributed by atoms with E-state index < -0.39 is 36.4 Å². The Labute approximate surface area is 190 Å². The molecule has 1 heterocycles. The molecular formula is C21H19BrFN3O6. The van der Waals surface area contributed by atoms with Gasteiger partial charge in [-0.25, -0.2) is 14.0 Å². The summed E-state index contributed by atoms with van der Waals surface area (Å²) in [5.41, 5.74) is 1.40. The molecule has 11 heteroatoms. The quantitative estimate of drug-likeness (QED) is 0.455. The van der Waals surface area contributed by atoms with Crippen molar-refractivity contribution in [3.05, 3.63) is 63.5 Å². The summed E-state index contributed by atoms with van der Waals surface area (Å²) in [5, 5.41) is 16.8. The molecule has 3 amide bonds. The summed E-state index contributed by atoms with van der Waals surface area (Å²) in [6.45, 7) is 1.01. The SMILES string of the molecule is COc1cc([C@@H]2NC(=O)NC(C)=C2C(=O)Nc2ccc(F)cc2)c(Br)cc1OCC(=O)O. The maximum atomic E-state index is 13.2. The minimum Gasteiger partial charge on any atom is -0.493 e. The van der Waals surface area contributed by atoms with Crippen LogP contribution in [-0.4, -0.2) is 36.7 Å². The number of halogens is 2. The number of amides is 3. The fourth-order valence-electron chi connectivity index (χ4n) is 3.14. The van der Waals surface area contributed by atoms with Gasteiger partial charge in [0.05, 0.1) is 18.7 Å².